The van der Waals surface area contributed by atoms with Crippen LogP contribution in [0.3, 0.4) is 0 Å². The highest BCUT2D eigenvalue weighted by Crippen LogP contribution is 2.37. The number of hydrogen-bond acceptors (Lipinski definition) is 6. The lowest BCUT2D eigenvalue weighted by molar-refractivity contribution is -0.136. The summed E-state index contributed by atoms with van der Waals surface area (Å²) in [6.45, 7) is -0.471. The van der Waals surface area contributed by atoms with Crippen LogP contribution in [0.5, 0.6) is 11.5 Å². The van der Waals surface area contributed by atoms with Gasteiger partial charge in [0.15, 0.2) is 6.61 Å². The van der Waals surface area contributed by atoms with Crippen LogP contribution in [0.1, 0.15) is 6.42 Å². The van der Waals surface area contributed by atoms with E-state index < -0.39 is 16.0 Å². The average Bonchev–Trinajstić information content (AvgIpc) is 2.45. The second-order valence-electron chi connectivity index (χ2n) is 4.38. The van der Waals surface area contributed by atoms with Gasteiger partial charge in [-0.15, -0.1) is 0 Å². The number of rotatable bonds is 6. The van der Waals surface area contributed by atoms with E-state index in [1.807, 2.05) is 0 Å². The van der Waals surface area contributed by atoms with Crippen molar-refractivity contribution >= 4 is 27.6 Å². The molecule has 0 spiro atoms. The van der Waals surface area contributed by atoms with Gasteiger partial charge in [-0.2, -0.15) is 0 Å². The number of carbonyl (C=O) groups is 2. The number of amides is 1. The van der Waals surface area contributed by atoms with Crippen LogP contribution in [0.15, 0.2) is 17.0 Å². The molecule has 0 atom stereocenters. The first-order valence-corrected chi connectivity index (χ1v) is 7.68. The first kappa shape index (κ1) is 16.0. The molecular formula is C12H14N2O7S. The van der Waals surface area contributed by atoms with Crippen LogP contribution < -0.4 is 19.5 Å². The molecular weight excluding hydrogens is 316 g/mol. The van der Waals surface area contributed by atoms with Crippen molar-refractivity contribution in [3.63, 3.8) is 0 Å². The van der Waals surface area contributed by atoms with Crippen LogP contribution in [-0.2, 0) is 19.6 Å². The van der Waals surface area contributed by atoms with Crippen LogP contribution in [0, 0.1) is 0 Å². The summed E-state index contributed by atoms with van der Waals surface area (Å²) in [7, 11) is -2.70. The summed E-state index contributed by atoms with van der Waals surface area (Å²) in [5, 5.41) is 11.1. The molecule has 1 aromatic carbocycles. The molecule has 1 aromatic rings. The molecule has 0 saturated heterocycles. The Bertz CT molecular complexity index is 714. The Morgan fingerprint density at radius 2 is 2.23 bits per heavy atom. The number of carbonyl (C=O) groups excluding carboxylic acids is 1. The molecule has 120 valence electrons. The summed E-state index contributed by atoms with van der Waals surface area (Å²) in [5.41, 5.74) is 0.303. The highest BCUT2D eigenvalue weighted by Gasteiger charge is 2.25. The monoisotopic (exact) mass is 330 g/mol. The van der Waals surface area contributed by atoms with E-state index in [1.54, 1.807) is 0 Å². The van der Waals surface area contributed by atoms with E-state index in [2.05, 4.69) is 10.0 Å². The normalized spacial score (nSPS) is 13.8. The number of carboxylic acids is 1. The fourth-order valence-electron chi connectivity index (χ4n) is 1.83. The number of hydrogen-bond donors (Lipinski definition) is 3. The molecule has 10 heteroatoms. The molecule has 0 unspecified atom stereocenters. The molecule has 0 radical (unpaired) electrons. The van der Waals surface area contributed by atoms with Crippen molar-refractivity contribution < 1.29 is 32.6 Å². The number of carboxylic acid groups (broad SMARTS) is 1. The number of nitrogens with one attached hydrogen (secondary N) is 2. The topological polar surface area (TPSA) is 131 Å². The number of ether oxygens (including phenoxy) is 2. The zero-order chi connectivity index (χ0) is 16.3. The molecule has 1 amide bonds. The number of methoxy groups -OCH3 is 1. The number of sulfonamides is 1. The third-order valence-corrected chi connectivity index (χ3v) is 4.30. The summed E-state index contributed by atoms with van der Waals surface area (Å²) < 4.78 is 36.8. The average molecular weight is 330 g/mol. The Labute approximate surface area is 126 Å². The molecule has 1 heterocycles. The van der Waals surface area contributed by atoms with Crippen molar-refractivity contribution in [3.05, 3.63) is 12.1 Å². The molecule has 1 aliphatic rings. The Hall–Kier alpha value is -2.33. The van der Waals surface area contributed by atoms with Gasteiger partial charge in [0, 0.05) is 18.7 Å². The Morgan fingerprint density at radius 3 is 2.86 bits per heavy atom. The van der Waals surface area contributed by atoms with Crippen molar-refractivity contribution in [2.75, 3.05) is 25.6 Å². The van der Waals surface area contributed by atoms with E-state index in [-0.39, 0.29) is 41.9 Å². The van der Waals surface area contributed by atoms with Crippen molar-refractivity contribution in [1.29, 1.82) is 0 Å². The van der Waals surface area contributed by atoms with Gasteiger partial charge in [-0.05, 0) is 0 Å². The summed E-state index contributed by atoms with van der Waals surface area (Å²) in [5.74, 6) is -1.28. The lowest BCUT2D eigenvalue weighted by Gasteiger charge is -2.20. The zero-order valence-electron chi connectivity index (χ0n) is 11.6. The van der Waals surface area contributed by atoms with E-state index in [0.717, 1.165) is 0 Å². The lowest BCUT2D eigenvalue weighted by Crippen LogP contribution is -2.28. The predicted octanol–water partition coefficient (Wildman–Crippen LogP) is -0.221. The molecule has 0 bridgehead atoms. The van der Waals surface area contributed by atoms with E-state index in [1.165, 1.54) is 19.2 Å². The van der Waals surface area contributed by atoms with Gasteiger partial charge in [0.05, 0.1) is 19.2 Å². The minimum Gasteiger partial charge on any atom is -0.495 e. The first-order chi connectivity index (χ1) is 10.3. The number of fused-ring (bicyclic) bond motifs is 1. The quantitative estimate of drug-likeness (QED) is 0.657. The molecule has 22 heavy (non-hydrogen) atoms. The van der Waals surface area contributed by atoms with Crippen LogP contribution >= 0.6 is 0 Å². The van der Waals surface area contributed by atoms with Gasteiger partial charge in [-0.1, -0.05) is 0 Å². The Balaban J connectivity index is 2.33. The molecule has 2 rings (SSSR count). The number of benzene rings is 1. The predicted molar refractivity (Wildman–Crippen MR) is 74.6 cm³/mol. The maximum atomic E-state index is 12.2. The minimum atomic E-state index is -3.98. The summed E-state index contributed by atoms with van der Waals surface area (Å²) in [6.07, 6.45) is -0.348. The van der Waals surface area contributed by atoms with Gasteiger partial charge in [0.2, 0.25) is 10.0 Å². The Morgan fingerprint density at radius 1 is 1.50 bits per heavy atom. The van der Waals surface area contributed by atoms with Gasteiger partial charge in [0.1, 0.15) is 16.4 Å². The van der Waals surface area contributed by atoms with Gasteiger partial charge >= 0.3 is 5.97 Å². The van der Waals surface area contributed by atoms with Crippen molar-refractivity contribution in [2.24, 2.45) is 0 Å². The van der Waals surface area contributed by atoms with Crippen molar-refractivity contribution in [1.82, 2.24) is 4.72 Å². The fraction of sp³-hybridized carbons (Fsp3) is 0.333. The van der Waals surface area contributed by atoms with Crippen molar-refractivity contribution in [2.45, 2.75) is 11.3 Å². The fourth-order valence-corrected chi connectivity index (χ4v) is 3.02. The van der Waals surface area contributed by atoms with Crippen LogP contribution in [0.4, 0.5) is 5.69 Å². The Kier molecular flexibility index (Phi) is 4.52. The molecule has 0 fully saturated rings. The molecule has 0 saturated carbocycles. The molecule has 3 N–H and O–H groups in total. The van der Waals surface area contributed by atoms with E-state index >= 15 is 0 Å². The largest absolute Gasteiger partial charge is 0.495 e. The second kappa shape index (κ2) is 6.20. The molecule has 1 aliphatic heterocycles. The molecule has 9 nitrogen and oxygen atoms in total. The zero-order valence-corrected chi connectivity index (χ0v) is 12.4. The first-order valence-electron chi connectivity index (χ1n) is 6.19. The maximum absolute atomic E-state index is 12.2. The highest BCUT2D eigenvalue weighted by molar-refractivity contribution is 7.89. The summed E-state index contributed by atoms with van der Waals surface area (Å²) >= 11 is 0. The minimum absolute atomic E-state index is 0.00683. The van der Waals surface area contributed by atoms with Gasteiger partial charge < -0.3 is 19.9 Å². The SMILES string of the molecule is COc1cc2c(cc1S(=O)(=O)NCCC(=O)O)OCC(=O)N2. The van der Waals surface area contributed by atoms with Gasteiger partial charge in [-0.3, -0.25) is 9.59 Å². The van der Waals surface area contributed by atoms with Crippen LogP contribution in [0.2, 0.25) is 0 Å². The van der Waals surface area contributed by atoms with Gasteiger partial charge in [-0.25, -0.2) is 13.1 Å². The van der Waals surface area contributed by atoms with Crippen LogP contribution in [0.25, 0.3) is 0 Å². The van der Waals surface area contributed by atoms with Gasteiger partial charge in [0.25, 0.3) is 5.91 Å². The smallest absolute Gasteiger partial charge is 0.304 e. The van der Waals surface area contributed by atoms with Crippen LogP contribution in [-0.4, -0.2) is 45.7 Å². The highest BCUT2D eigenvalue weighted by atomic mass is 32.2. The summed E-state index contributed by atoms with van der Waals surface area (Å²) in [4.78, 5) is 21.5. The van der Waals surface area contributed by atoms with Crippen molar-refractivity contribution in [3.8, 4) is 11.5 Å². The maximum Gasteiger partial charge on any atom is 0.304 e. The third kappa shape index (κ3) is 3.46. The number of anilines is 1. The standard InChI is InChI=1S/C12H14N2O7S/c1-20-9-4-7-8(21-6-11(15)14-7)5-10(9)22(18,19)13-3-2-12(16)17/h4-5,13H,2-3,6H2,1H3,(H,14,15)(H,16,17). The molecule has 0 aromatic heterocycles. The lowest BCUT2D eigenvalue weighted by atomic mass is 10.2. The second-order valence-corrected chi connectivity index (χ2v) is 6.11. The third-order valence-electron chi connectivity index (χ3n) is 2.82. The summed E-state index contributed by atoms with van der Waals surface area (Å²) in [6, 6.07) is 2.55. The number of aliphatic carboxylic acids is 1. The molecule has 0 aliphatic carbocycles. The van der Waals surface area contributed by atoms with E-state index in [9.17, 15) is 18.0 Å². The van der Waals surface area contributed by atoms with E-state index in [0.29, 0.717) is 5.69 Å². The van der Waals surface area contributed by atoms with E-state index in [4.69, 9.17) is 14.6 Å².